The van der Waals surface area contributed by atoms with Crippen molar-refractivity contribution in [3.8, 4) is 0 Å². The Balaban J connectivity index is 1.73. The van der Waals surface area contributed by atoms with E-state index in [1.165, 1.54) is 24.3 Å². The van der Waals surface area contributed by atoms with Crippen LogP contribution in [0.15, 0.2) is 89.9 Å². The molecule has 2 atom stereocenters. The van der Waals surface area contributed by atoms with Gasteiger partial charge in [0.25, 0.3) is 5.69 Å². The van der Waals surface area contributed by atoms with Gasteiger partial charge in [0, 0.05) is 30.8 Å². The summed E-state index contributed by atoms with van der Waals surface area (Å²) in [4.78, 5) is 53.6. The fourth-order valence-electron chi connectivity index (χ4n) is 3.91. The van der Waals surface area contributed by atoms with Crippen molar-refractivity contribution in [2.75, 3.05) is 11.9 Å². The van der Waals surface area contributed by atoms with E-state index in [0.29, 0.717) is 12.1 Å². The highest BCUT2D eigenvalue weighted by atomic mass is 16.6. The van der Waals surface area contributed by atoms with Crippen LogP contribution in [0.3, 0.4) is 0 Å². The summed E-state index contributed by atoms with van der Waals surface area (Å²) < 4.78 is 5.31. The third-order valence-corrected chi connectivity index (χ3v) is 6.03. The molecule has 0 aliphatic carbocycles. The number of aliphatic imine (C=N–C) groups is 1. The molecule has 0 aliphatic heterocycles. The highest BCUT2D eigenvalue weighted by Crippen LogP contribution is 2.16. The van der Waals surface area contributed by atoms with Gasteiger partial charge < -0.3 is 32.2 Å². The number of guanidine groups is 1. The Morgan fingerprint density at radius 1 is 0.833 bits per heavy atom. The van der Waals surface area contributed by atoms with Crippen LogP contribution >= 0.6 is 0 Å². The second-order valence-electron chi connectivity index (χ2n) is 9.25. The lowest BCUT2D eigenvalue weighted by Crippen LogP contribution is -2.53. The summed E-state index contributed by atoms with van der Waals surface area (Å²) in [7, 11) is 0. The molecule has 7 N–H and O–H groups in total. The van der Waals surface area contributed by atoms with E-state index in [1.807, 2.05) is 48.5 Å². The summed E-state index contributed by atoms with van der Waals surface area (Å²) in [6.07, 6.45) is -0.142. The first-order chi connectivity index (χ1) is 20.2. The molecule has 0 radical (unpaired) electrons. The topological polar surface area (TPSA) is 204 Å². The molecule has 0 heterocycles. The third kappa shape index (κ3) is 10.6. The number of benzene rings is 3. The number of nitrogens with two attached hydrogens (primary N) is 2. The van der Waals surface area contributed by atoms with Crippen LogP contribution in [0.25, 0.3) is 0 Å². The van der Waals surface area contributed by atoms with Gasteiger partial charge in [0.15, 0.2) is 5.96 Å². The first kappa shape index (κ1) is 31.1. The molecule has 3 aromatic carbocycles. The van der Waals surface area contributed by atoms with Gasteiger partial charge in [-0.1, -0.05) is 60.7 Å². The number of hydrogen-bond donors (Lipinski definition) is 5. The highest BCUT2D eigenvalue weighted by Gasteiger charge is 2.27. The number of non-ortho nitro benzene ring substituents is 1. The molecule has 42 heavy (non-hydrogen) atoms. The van der Waals surface area contributed by atoms with Crippen LogP contribution in [0, 0.1) is 10.1 Å². The maximum Gasteiger partial charge on any atom is 0.408 e. The molecule has 0 saturated heterocycles. The molecule has 3 aromatic rings. The monoisotopic (exact) mass is 575 g/mol. The standard InChI is InChI=1S/C29H33N7O6/c30-28(31)32-17-7-12-24(26(37)33-22-13-15-23(16-14-22)36(40)41)34-27(38)25(18-20-8-3-1-4-9-20)35-29(39)42-19-21-10-5-2-6-11-21/h1-6,8-11,13-16,24-25H,7,12,17-19H2,(H,33,37)(H,34,38)(H,35,39)(H4,30,31,32)/t24-,25-/m0/s1. The summed E-state index contributed by atoms with van der Waals surface area (Å²) >= 11 is 0. The Bertz CT molecular complexity index is 1360. The molecule has 0 bridgehead atoms. The maximum absolute atomic E-state index is 13.5. The van der Waals surface area contributed by atoms with Crippen LogP contribution < -0.4 is 27.4 Å². The molecule has 13 nitrogen and oxygen atoms in total. The number of nitro groups is 1. The zero-order chi connectivity index (χ0) is 30.3. The molecule has 3 rings (SSSR count). The quantitative estimate of drug-likeness (QED) is 0.0634. The zero-order valence-corrected chi connectivity index (χ0v) is 22.8. The van der Waals surface area contributed by atoms with E-state index >= 15 is 0 Å². The molecular weight excluding hydrogens is 542 g/mol. The first-order valence-electron chi connectivity index (χ1n) is 13.1. The number of carbonyl (C=O) groups is 3. The molecule has 0 unspecified atom stereocenters. The van der Waals surface area contributed by atoms with E-state index < -0.39 is 34.9 Å². The molecule has 3 amide bonds. The molecule has 0 spiro atoms. The molecule has 0 fully saturated rings. The lowest BCUT2D eigenvalue weighted by Gasteiger charge is -2.23. The number of rotatable bonds is 14. The molecule has 0 saturated carbocycles. The number of alkyl carbamates (subject to hydrolysis) is 1. The van der Waals surface area contributed by atoms with Crippen molar-refractivity contribution in [3.63, 3.8) is 0 Å². The van der Waals surface area contributed by atoms with Gasteiger partial charge in [0.1, 0.15) is 18.7 Å². The van der Waals surface area contributed by atoms with Crippen LogP contribution in [0.1, 0.15) is 24.0 Å². The van der Waals surface area contributed by atoms with Crippen molar-refractivity contribution in [2.24, 2.45) is 16.5 Å². The Morgan fingerprint density at radius 3 is 2.05 bits per heavy atom. The first-order valence-corrected chi connectivity index (χ1v) is 13.1. The van der Waals surface area contributed by atoms with E-state index in [-0.39, 0.29) is 37.6 Å². The summed E-state index contributed by atoms with van der Waals surface area (Å²) in [5, 5.41) is 18.9. The largest absolute Gasteiger partial charge is 0.445 e. The lowest BCUT2D eigenvalue weighted by molar-refractivity contribution is -0.384. The molecule has 0 aromatic heterocycles. The number of nitrogens with zero attached hydrogens (tertiary/aromatic N) is 2. The number of nitro benzene ring substituents is 1. The Labute approximate surface area is 242 Å². The van der Waals surface area contributed by atoms with Gasteiger partial charge in [-0.25, -0.2) is 4.79 Å². The number of carbonyl (C=O) groups excluding carboxylic acids is 3. The van der Waals surface area contributed by atoms with Gasteiger partial charge >= 0.3 is 6.09 Å². The molecule has 0 aliphatic rings. The van der Waals surface area contributed by atoms with Crippen LogP contribution in [-0.2, 0) is 27.4 Å². The average molecular weight is 576 g/mol. The Kier molecular flexibility index (Phi) is 11.8. The number of amides is 3. The minimum absolute atomic E-state index is 0.0113. The highest BCUT2D eigenvalue weighted by molar-refractivity contribution is 5.98. The zero-order valence-electron chi connectivity index (χ0n) is 22.8. The number of ether oxygens (including phenoxy) is 1. The van der Waals surface area contributed by atoms with Crippen LogP contribution in [0.2, 0.25) is 0 Å². The number of hydrogen-bond acceptors (Lipinski definition) is 7. The molecular formula is C29H33N7O6. The second-order valence-corrected chi connectivity index (χ2v) is 9.25. The van der Waals surface area contributed by atoms with Crippen molar-refractivity contribution in [1.29, 1.82) is 0 Å². The van der Waals surface area contributed by atoms with Gasteiger partial charge in [-0.05, 0) is 36.1 Å². The predicted molar refractivity (Wildman–Crippen MR) is 157 cm³/mol. The number of anilines is 1. The van der Waals surface area contributed by atoms with Gasteiger partial charge in [-0.3, -0.25) is 24.7 Å². The van der Waals surface area contributed by atoms with Crippen molar-refractivity contribution < 1.29 is 24.0 Å². The van der Waals surface area contributed by atoms with Crippen LogP contribution in [-0.4, -0.2) is 47.4 Å². The van der Waals surface area contributed by atoms with Gasteiger partial charge in [-0.2, -0.15) is 0 Å². The van der Waals surface area contributed by atoms with Crippen LogP contribution in [0.4, 0.5) is 16.2 Å². The van der Waals surface area contributed by atoms with E-state index in [1.54, 1.807) is 12.1 Å². The Morgan fingerprint density at radius 2 is 1.45 bits per heavy atom. The second kappa shape index (κ2) is 16.0. The summed E-state index contributed by atoms with van der Waals surface area (Å²) in [6, 6.07) is 21.3. The van der Waals surface area contributed by atoms with Crippen molar-refractivity contribution in [1.82, 2.24) is 10.6 Å². The Hall–Kier alpha value is -5.46. The fourth-order valence-corrected chi connectivity index (χ4v) is 3.91. The van der Waals surface area contributed by atoms with Crippen LogP contribution in [0.5, 0.6) is 0 Å². The summed E-state index contributed by atoms with van der Waals surface area (Å²) in [6.45, 7) is 0.231. The fraction of sp³-hybridized carbons (Fsp3) is 0.241. The minimum Gasteiger partial charge on any atom is -0.445 e. The smallest absolute Gasteiger partial charge is 0.408 e. The third-order valence-electron chi connectivity index (χ3n) is 6.03. The average Bonchev–Trinajstić information content (AvgIpc) is 2.98. The molecule has 220 valence electrons. The number of nitrogens with one attached hydrogen (secondary N) is 3. The van der Waals surface area contributed by atoms with E-state index in [2.05, 4.69) is 20.9 Å². The predicted octanol–water partition coefficient (Wildman–Crippen LogP) is 2.61. The van der Waals surface area contributed by atoms with Gasteiger partial charge in [-0.15, -0.1) is 0 Å². The van der Waals surface area contributed by atoms with Crippen molar-refractivity contribution in [3.05, 3.63) is 106 Å². The normalized spacial score (nSPS) is 11.8. The maximum atomic E-state index is 13.5. The summed E-state index contributed by atoms with van der Waals surface area (Å²) in [5.41, 5.74) is 12.5. The summed E-state index contributed by atoms with van der Waals surface area (Å²) in [5.74, 6) is -1.28. The lowest BCUT2D eigenvalue weighted by atomic mass is 10.0. The van der Waals surface area contributed by atoms with Crippen molar-refractivity contribution in [2.45, 2.75) is 38.0 Å². The molecule has 13 heteroatoms. The van der Waals surface area contributed by atoms with E-state index in [0.717, 1.165) is 11.1 Å². The SMILES string of the molecule is NC(N)=NCCC[C@H](NC(=O)[C@H](Cc1ccccc1)NC(=O)OCc1ccccc1)C(=O)Nc1ccc([N+](=O)[O-])cc1. The van der Waals surface area contributed by atoms with Crippen molar-refractivity contribution >= 4 is 35.2 Å². The van der Waals surface area contributed by atoms with Gasteiger partial charge in [0.05, 0.1) is 4.92 Å². The van der Waals surface area contributed by atoms with Gasteiger partial charge in [0.2, 0.25) is 11.8 Å². The minimum atomic E-state index is -1.07. The van der Waals surface area contributed by atoms with E-state index in [4.69, 9.17) is 16.2 Å². The van der Waals surface area contributed by atoms with E-state index in [9.17, 15) is 24.5 Å².